The number of piperidine rings is 1. The van der Waals surface area contributed by atoms with Crippen molar-refractivity contribution in [2.75, 3.05) is 19.7 Å². The first-order valence-corrected chi connectivity index (χ1v) is 4.11. The minimum Gasteiger partial charge on any atom is -0.395 e. The summed E-state index contributed by atoms with van der Waals surface area (Å²) in [4.78, 5) is 0. The molecule has 12 heavy (non-hydrogen) atoms. The Hall–Kier alpha value is -0.200. The molecule has 1 aliphatic heterocycles. The zero-order valence-corrected chi connectivity index (χ0v) is 6.85. The van der Waals surface area contributed by atoms with Crippen LogP contribution in [-0.2, 0) is 0 Å². The van der Waals surface area contributed by atoms with E-state index in [2.05, 4.69) is 5.32 Å². The van der Waals surface area contributed by atoms with E-state index < -0.39 is 18.2 Å². The predicted molar refractivity (Wildman–Crippen MR) is 43.4 cm³/mol. The first kappa shape index (κ1) is 9.88. The highest BCUT2D eigenvalue weighted by Gasteiger charge is 2.35. The van der Waals surface area contributed by atoms with Gasteiger partial charge in [-0.2, -0.15) is 0 Å². The molecule has 0 aromatic heterocycles. The molecular weight excluding hydrogens is 160 g/mol. The molecular formula is C7H16N2O3. The average Bonchev–Trinajstić information content (AvgIpc) is 2.10. The maximum absolute atomic E-state index is 9.46. The Kier molecular flexibility index (Phi) is 3.42. The molecule has 5 nitrogen and oxygen atoms in total. The zero-order chi connectivity index (χ0) is 9.14. The number of hydrogen-bond donors (Lipinski definition) is 5. The van der Waals surface area contributed by atoms with Crippen molar-refractivity contribution in [3.8, 4) is 0 Å². The summed E-state index contributed by atoms with van der Waals surface area (Å²) in [5, 5.41) is 30.6. The van der Waals surface area contributed by atoms with Crippen molar-refractivity contribution in [3.63, 3.8) is 0 Å². The summed E-state index contributed by atoms with van der Waals surface area (Å²) in [7, 11) is 0. The Labute approximate surface area is 71.2 Å². The summed E-state index contributed by atoms with van der Waals surface area (Å²) in [5.74, 6) is -0.122. The van der Waals surface area contributed by atoms with Gasteiger partial charge in [-0.15, -0.1) is 0 Å². The highest BCUT2D eigenvalue weighted by atomic mass is 16.3. The molecule has 5 heteroatoms. The van der Waals surface area contributed by atoms with Gasteiger partial charge in [0.2, 0.25) is 0 Å². The molecule has 0 bridgehead atoms. The Morgan fingerprint density at radius 3 is 2.50 bits per heavy atom. The molecule has 1 rings (SSSR count). The SMILES string of the molecule is NC[C@@H]1CN[C@@H](CO)[C@H](O)[C@H]1O. The Balaban J connectivity index is 2.52. The quantitative estimate of drug-likeness (QED) is 0.314. The van der Waals surface area contributed by atoms with Crippen molar-refractivity contribution in [3.05, 3.63) is 0 Å². The van der Waals surface area contributed by atoms with Crippen LogP contribution in [0.15, 0.2) is 0 Å². The molecule has 0 aliphatic carbocycles. The average molecular weight is 176 g/mol. The van der Waals surface area contributed by atoms with Crippen molar-refractivity contribution in [1.29, 1.82) is 0 Å². The fourth-order valence-corrected chi connectivity index (χ4v) is 1.46. The number of nitrogens with two attached hydrogens (primary N) is 1. The lowest BCUT2D eigenvalue weighted by atomic mass is 9.89. The van der Waals surface area contributed by atoms with Crippen LogP contribution in [0.5, 0.6) is 0 Å². The predicted octanol–water partition coefficient (Wildman–Crippen LogP) is -2.75. The van der Waals surface area contributed by atoms with Crippen LogP contribution in [0.25, 0.3) is 0 Å². The lowest BCUT2D eigenvalue weighted by molar-refractivity contribution is -0.0660. The summed E-state index contributed by atoms with van der Waals surface area (Å²) in [5.41, 5.74) is 5.37. The first-order chi connectivity index (χ1) is 5.70. The number of nitrogens with one attached hydrogen (secondary N) is 1. The molecule has 0 aromatic carbocycles. The molecule has 0 aromatic rings. The fourth-order valence-electron chi connectivity index (χ4n) is 1.46. The standard InChI is InChI=1S/C7H16N2O3/c8-1-4-2-9-5(3-10)7(12)6(4)11/h4-7,9-12H,1-3,8H2/t4-,5+,6+,7+/m1/s1. The largest absolute Gasteiger partial charge is 0.395 e. The topological polar surface area (TPSA) is 98.7 Å². The number of hydrogen-bond acceptors (Lipinski definition) is 5. The third-order valence-electron chi connectivity index (χ3n) is 2.39. The van der Waals surface area contributed by atoms with Gasteiger partial charge in [-0.05, 0) is 6.54 Å². The summed E-state index contributed by atoms with van der Waals surface area (Å²) in [6.07, 6.45) is -1.74. The fraction of sp³-hybridized carbons (Fsp3) is 1.00. The number of aliphatic hydroxyl groups is 3. The van der Waals surface area contributed by atoms with Crippen molar-refractivity contribution in [2.45, 2.75) is 18.2 Å². The van der Waals surface area contributed by atoms with Gasteiger partial charge in [0.15, 0.2) is 0 Å². The van der Waals surface area contributed by atoms with Gasteiger partial charge in [0.05, 0.1) is 24.9 Å². The zero-order valence-electron chi connectivity index (χ0n) is 6.85. The van der Waals surface area contributed by atoms with E-state index in [4.69, 9.17) is 10.8 Å². The van der Waals surface area contributed by atoms with E-state index in [0.29, 0.717) is 13.1 Å². The smallest absolute Gasteiger partial charge is 0.0977 e. The van der Waals surface area contributed by atoms with Crippen LogP contribution < -0.4 is 11.1 Å². The molecule has 6 N–H and O–H groups in total. The van der Waals surface area contributed by atoms with Crippen molar-refractivity contribution >= 4 is 0 Å². The van der Waals surface area contributed by atoms with Crippen LogP contribution >= 0.6 is 0 Å². The first-order valence-electron chi connectivity index (χ1n) is 4.11. The minimum atomic E-state index is -0.919. The Morgan fingerprint density at radius 1 is 1.33 bits per heavy atom. The van der Waals surface area contributed by atoms with E-state index in [1.54, 1.807) is 0 Å². The lowest BCUT2D eigenvalue weighted by Crippen LogP contribution is -2.59. The van der Waals surface area contributed by atoms with Crippen LogP contribution in [0.3, 0.4) is 0 Å². The van der Waals surface area contributed by atoms with Crippen molar-refractivity contribution < 1.29 is 15.3 Å². The number of rotatable bonds is 2. The van der Waals surface area contributed by atoms with E-state index in [1.807, 2.05) is 0 Å². The van der Waals surface area contributed by atoms with Gasteiger partial charge in [-0.25, -0.2) is 0 Å². The van der Waals surface area contributed by atoms with Crippen molar-refractivity contribution in [2.24, 2.45) is 11.7 Å². The van der Waals surface area contributed by atoms with E-state index in [1.165, 1.54) is 0 Å². The summed E-state index contributed by atoms with van der Waals surface area (Å²) >= 11 is 0. The summed E-state index contributed by atoms with van der Waals surface area (Å²) < 4.78 is 0. The normalized spacial score (nSPS) is 43.0. The monoisotopic (exact) mass is 176 g/mol. The van der Waals surface area contributed by atoms with Gasteiger partial charge in [0.25, 0.3) is 0 Å². The van der Waals surface area contributed by atoms with E-state index >= 15 is 0 Å². The number of aliphatic hydroxyl groups excluding tert-OH is 3. The molecule has 0 spiro atoms. The van der Waals surface area contributed by atoms with Crippen LogP contribution in [0.2, 0.25) is 0 Å². The van der Waals surface area contributed by atoms with Crippen LogP contribution in [0.4, 0.5) is 0 Å². The van der Waals surface area contributed by atoms with Crippen LogP contribution in [0, 0.1) is 5.92 Å². The van der Waals surface area contributed by atoms with E-state index in [-0.39, 0.29) is 12.5 Å². The van der Waals surface area contributed by atoms with E-state index in [0.717, 1.165) is 0 Å². The molecule has 0 amide bonds. The molecule has 1 aliphatic rings. The molecule has 0 saturated carbocycles. The third-order valence-corrected chi connectivity index (χ3v) is 2.39. The molecule has 1 heterocycles. The second kappa shape index (κ2) is 4.15. The van der Waals surface area contributed by atoms with Crippen LogP contribution in [0.1, 0.15) is 0 Å². The highest BCUT2D eigenvalue weighted by Crippen LogP contribution is 2.14. The summed E-state index contributed by atoms with van der Waals surface area (Å²) in [6.45, 7) is 0.707. The molecule has 72 valence electrons. The molecule has 0 unspecified atom stereocenters. The summed E-state index contributed by atoms with van der Waals surface area (Å²) in [6, 6.07) is -0.428. The van der Waals surface area contributed by atoms with Gasteiger partial charge in [-0.1, -0.05) is 0 Å². The minimum absolute atomic E-state index is 0.122. The van der Waals surface area contributed by atoms with Gasteiger partial charge in [0.1, 0.15) is 0 Å². The lowest BCUT2D eigenvalue weighted by Gasteiger charge is -2.37. The van der Waals surface area contributed by atoms with E-state index in [9.17, 15) is 10.2 Å². The Bertz CT molecular complexity index is 129. The van der Waals surface area contributed by atoms with Gasteiger partial charge in [-0.3, -0.25) is 0 Å². The van der Waals surface area contributed by atoms with Gasteiger partial charge in [0, 0.05) is 12.5 Å². The maximum atomic E-state index is 9.46. The molecule has 0 radical (unpaired) electrons. The molecule has 1 fully saturated rings. The van der Waals surface area contributed by atoms with Gasteiger partial charge >= 0.3 is 0 Å². The van der Waals surface area contributed by atoms with Crippen LogP contribution in [-0.4, -0.2) is 53.3 Å². The Morgan fingerprint density at radius 2 is 2.00 bits per heavy atom. The maximum Gasteiger partial charge on any atom is 0.0977 e. The highest BCUT2D eigenvalue weighted by molar-refractivity contribution is 4.91. The second-order valence-electron chi connectivity index (χ2n) is 3.17. The third kappa shape index (κ3) is 1.75. The van der Waals surface area contributed by atoms with Crippen molar-refractivity contribution in [1.82, 2.24) is 5.32 Å². The molecule has 4 atom stereocenters. The van der Waals surface area contributed by atoms with Gasteiger partial charge < -0.3 is 26.4 Å². The second-order valence-corrected chi connectivity index (χ2v) is 3.17. The molecule has 1 saturated heterocycles.